The van der Waals surface area contributed by atoms with Gasteiger partial charge in [-0.15, -0.1) is 4.79 Å². The van der Waals surface area contributed by atoms with Gasteiger partial charge in [0.15, 0.2) is 5.69 Å². The molecule has 0 saturated heterocycles. The van der Waals surface area contributed by atoms with Crippen molar-refractivity contribution in [2.75, 3.05) is 6.61 Å². The first-order valence-electron chi connectivity index (χ1n) is 3.23. The SMILES string of the molecule is CCOC(=O)c1cn(F)c(F)n1. The van der Waals surface area contributed by atoms with Crippen molar-refractivity contribution in [2.24, 2.45) is 0 Å². The summed E-state index contributed by atoms with van der Waals surface area (Å²) in [5.41, 5.74) is -0.378. The van der Waals surface area contributed by atoms with Crippen LogP contribution in [0.15, 0.2) is 6.20 Å². The molecule has 66 valence electrons. The molecule has 4 nitrogen and oxygen atoms in total. The molecule has 1 rings (SSSR count). The number of carbonyl (C=O) groups excluding carboxylic acids is 1. The van der Waals surface area contributed by atoms with Crippen LogP contribution in [0, 0.1) is 6.08 Å². The van der Waals surface area contributed by atoms with Crippen molar-refractivity contribution in [3.63, 3.8) is 0 Å². The van der Waals surface area contributed by atoms with Crippen LogP contribution < -0.4 is 0 Å². The molecule has 0 aliphatic carbocycles. The molecule has 1 aromatic rings. The summed E-state index contributed by atoms with van der Waals surface area (Å²) in [5.74, 6) is -0.840. The topological polar surface area (TPSA) is 44.1 Å². The second kappa shape index (κ2) is 3.29. The molecule has 0 N–H and O–H groups in total. The number of ether oxygens (including phenoxy) is 1. The van der Waals surface area contributed by atoms with E-state index in [9.17, 15) is 13.7 Å². The van der Waals surface area contributed by atoms with Crippen LogP contribution in [0.1, 0.15) is 17.4 Å². The molecule has 0 amide bonds. The van der Waals surface area contributed by atoms with E-state index in [1.165, 1.54) is 0 Å². The third kappa shape index (κ3) is 1.58. The fraction of sp³-hybridized carbons (Fsp3) is 0.333. The highest BCUT2D eigenvalue weighted by Crippen LogP contribution is 2.02. The van der Waals surface area contributed by atoms with Crippen molar-refractivity contribution in [3.8, 4) is 0 Å². The van der Waals surface area contributed by atoms with E-state index in [1.54, 1.807) is 6.92 Å². The van der Waals surface area contributed by atoms with E-state index in [-0.39, 0.29) is 17.1 Å². The molecule has 0 saturated carbocycles. The monoisotopic (exact) mass is 176 g/mol. The van der Waals surface area contributed by atoms with E-state index >= 15 is 0 Å². The minimum absolute atomic E-state index is 0.138. The van der Waals surface area contributed by atoms with Crippen molar-refractivity contribution in [3.05, 3.63) is 18.0 Å². The summed E-state index contributed by atoms with van der Waals surface area (Å²) >= 11 is 0. The number of imidazole rings is 1. The number of carbonyl (C=O) groups is 1. The smallest absolute Gasteiger partial charge is 0.358 e. The predicted molar refractivity (Wildman–Crippen MR) is 34.6 cm³/mol. The van der Waals surface area contributed by atoms with Crippen LogP contribution in [0.2, 0.25) is 0 Å². The first kappa shape index (κ1) is 8.63. The molecular formula is C6H6F2N2O2. The van der Waals surface area contributed by atoms with Crippen molar-refractivity contribution >= 4 is 5.97 Å². The number of halogens is 2. The van der Waals surface area contributed by atoms with Gasteiger partial charge in [-0.2, -0.15) is 9.37 Å². The summed E-state index contributed by atoms with van der Waals surface area (Å²) < 4.78 is 28.9. The number of hydrogen-bond donors (Lipinski definition) is 0. The van der Waals surface area contributed by atoms with Gasteiger partial charge in [0.25, 0.3) is 0 Å². The van der Waals surface area contributed by atoms with Gasteiger partial charge >= 0.3 is 12.0 Å². The maximum absolute atomic E-state index is 12.2. The van der Waals surface area contributed by atoms with Gasteiger partial charge in [-0.1, -0.05) is 4.48 Å². The summed E-state index contributed by atoms with van der Waals surface area (Å²) in [6, 6.07) is 0. The molecule has 0 aliphatic heterocycles. The largest absolute Gasteiger partial charge is 0.461 e. The molecule has 12 heavy (non-hydrogen) atoms. The standard InChI is InChI=1S/C6H6F2N2O2/c1-2-12-5(11)4-3-10(8)6(7)9-4/h3H,2H2,1H3. The van der Waals surface area contributed by atoms with Gasteiger partial charge < -0.3 is 4.74 Å². The van der Waals surface area contributed by atoms with Crippen molar-refractivity contribution in [1.82, 2.24) is 9.77 Å². The van der Waals surface area contributed by atoms with Crippen LogP contribution in [0.5, 0.6) is 0 Å². The predicted octanol–water partition coefficient (Wildman–Crippen LogP) is 0.931. The fourth-order valence-corrected chi connectivity index (χ4v) is 0.640. The molecule has 0 fully saturated rings. The maximum atomic E-state index is 12.2. The number of esters is 1. The molecule has 0 atom stereocenters. The zero-order valence-corrected chi connectivity index (χ0v) is 6.25. The maximum Gasteiger partial charge on any atom is 0.358 e. The average Bonchev–Trinajstić information content (AvgIpc) is 2.33. The van der Waals surface area contributed by atoms with Crippen LogP contribution in [-0.4, -0.2) is 22.3 Å². The zero-order chi connectivity index (χ0) is 9.14. The molecule has 0 unspecified atom stereocenters. The molecule has 0 bridgehead atoms. The highest BCUT2D eigenvalue weighted by Gasteiger charge is 2.14. The molecular weight excluding hydrogens is 170 g/mol. The normalized spacial score (nSPS) is 9.92. The van der Waals surface area contributed by atoms with Crippen LogP contribution in [0.25, 0.3) is 0 Å². The minimum Gasteiger partial charge on any atom is -0.461 e. The third-order valence-electron chi connectivity index (χ3n) is 1.11. The highest BCUT2D eigenvalue weighted by atomic mass is 19.2. The van der Waals surface area contributed by atoms with E-state index in [0.717, 1.165) is 0 Å². The lowest BCUT2D eigenvalue weighted by Gasteiger charge is -1.94. The van der Waals surface area contributed by atoms with Gasteiger partial charge in [0, 0.05) is 0 Å². The highest BCUT2D eigenvalue weighted by molar-refractivity contribution is 5.86. The molecule has 6 heteroatoms. The van der Waals surface area contributed by atoms with Gasteiger partial charge in [0.05, 0.1) is 12.8 Å². The number of rotatable bonds is 2. The molecule has 0 radical (unpaired) electrons. The van der Waals surface area contributed by atoms with Gasteiger partial charge in [-0.05, 0) is 6.92 Å². The van der Waals surface area contributed by atoms with Crippen molar-refractivity contribution in [1.29, 1.82) is 0 Å². The Kier molecular flexibility index (Phi) is 2.37. The van der Waals surface area contributed by atoms with E-state index in [4.69, 9.17) is 0 Å². The third-order valence-corrected chi connectivity index (χ3v) is 1.11. The number of aromatic nitrogens is 2. The van der Waals surface area contributed by atoms with E-state index in [2.05, 4.69) is 9.72 Å². The molecule has 0 spiro atoms. The number of nitrogens with zero attached hydrogens (tertiary/aromatic N) is 2. The molecule has 0 aromatic carbocycles. The summed E-state index contributed by atoms with van der Waals surface area (Å²) in [6.45, 7) is 1.72. The average molecular weight is 176 g/mol. The Bertz CT molecular complexity index is 278. The van der Waals surface area contributed by atoms with Crippen molar-refractivity contribution < 1.29 is 18.4 Å². The van der Waals surface area contributed by atoms with Crippen LogP contribution in [0.4, 0.5) is 8.87 Å². The Labute approximate surface area is 66.7 Å². The first-order valence-corrected chi connectivity index (χ1v) is 3.23. The number of hydrogen-bond acceptors (Lipinski definition) is 3. The lowest BCUT2D eigenvalue weighted by Crippen LogP contribution is -2.04. The van der Waals surface area contributed by atoms with E-state index < -0.39 is 12.0 Å². The second-order valence-electron chi connectivity index (χ2n) is 1.93. The molecule has 1 aromatic heterocycles. The summed E-state index contributed by atoms with van der Waals surface area (Å²) in [6.07, 6.45) is -0.745. The lowest BCUT2D eigenvalue weighted by molar-refractivity contribution is 0.0519. The first-order chi connectivity index (χ1) is 5.65. The Hall–Kier alpha value is -1.46. The Balaban J connectivity index is 2.82. The van der Waals surface area contributed by atoms with Gasteiger partial charge in [0.1, 0.15) is 0 Å². The lowest BCUT2D eigenvalue weighted by atomic mass is 10.5. The quantitative estimate of drug-likeness (QED) is 0.629. The fourth-order valence-electron chi connectivity index (χ4n) is 0.640. The Morgan fingerprint density at radius 2 is 2.50 bits per heavy atom. The molecule has 0 aliphatic rings. The summed E-state index contributed by atoms with van der Waals surface area (Å²) in [5, 5.41) is 0. The Morgan fingerprint density at radius 3 is 2.92 bits per heavy atom. The molecule has 1 heterocycles. The Morgan fingerprint density at radius 1 is 1.83 bits per heavy atom. The zero-order valence-electron chi connectivity index (χ0n) is 6.25. The van der Waals surface area contributed by atoms with Gasteiger partial charge in [-0.25, -0.2) is 4.79 Å². The summed E-state index contributed by atoms with van der Waals surface area (Å²) in [7, 11) is 0. The van der Waals surface area contributed by atoms with E-state index in [0.29, 0.717) is 6.20 Å². The van der Waals surface area contributed by atoms with Gasteiger partial charge in [0.2, 0.25) is 0 Å². The minimum atomic E-state index is -1.36. The van der Waals surface area contributed by atoms with E-state index in [1.807, 2.05) is 0 Å². The van der Waals surface area contributed by atoms with Crippen molar-refractivity contribution in [2.45, 2.75) is 6.92 Å². The van der Waals surface area contributed by atoms with Gasteiger partial charge in [-0.3, -0.25) is 0 Å². The van der Waals surface area contributed by atoms with Crippen LogP contribution in [-0.2, 0) is 4.74 Å². The van der Waals surface area contributed by atoms with Crippen LogP contribution in [0.3, 0.4) is 0 Å². The van der Waals surface area contributed by atoms with Crippen LogP contribution >= 0.6 is 0 Å². The summed E-state index contributed by atoms with van der Waals surface area (Å²) in [4.78, 5) is 13.4. The second-order valence-corrected chi connectivity index (χ2v) is 1.93.